The molecule has 4 amide bonds. The third kappa shape index (κ3) is 11.3. The number of benzene rings is 1. The number of carbonyl (C=O) groups excluding carboxylic acids is 4. The smallest absolute Gasteiger partial charge is 0.254 e. The highest BCUT2D eigenvalue weighted by Gasteiger charge is 2.45. The van der Waals surface area contributed by atoms with Crippen LogP contribution in [0.1, 0.15) is 92.7 Å². The molecule has 1 heterocycles. The summed E-state index contributed by atoms with van der Waals surface area (Å²) in [6.45, 7) is 15.5. The van der Waals surface area contributed by atoms with Crippen LogP contribution in [-0.4, -0.2) is 133 Å². The number of likely N-dealkylation sites (N-methyl/N-ethyl adjacent to an activating group) is 2. The number of nitrogens with two attached hydrogens (primary N) is 2. The van der Waals surface area contributed by atoms with Crippen LogP contribution in [0.5, 0.6) is 0 Å². The lowest BCUT2D eigenvalue weighted by Crippen LogP contribution is -2.63. The number of amides is 4. The van der Waals surface area contributed by atoms with Crippen LogP contribution >= 0.6 is 0 Å². The lowest BCUT2D eigenvalue weighted by Gasteiger charge is -2.42. The van der Waals surface area contributed by atoms with E-state index in [-0.39, 0.29) is 41.9 Å². The summed E-state index contributed by atoms with van der Waals surface area (Å²) < 4.78 is 11.9. The third-order valence-corrected chi connectivity index (χ3v) is 11.5. The Kier molecular flexibility index (Phi) is 18.8. The van der Waals surface area contributed by atoms with Gasteiger partial charge in [0.2, 0.25) is 17.7 Å². The van der Waals surface area contributed by atoms with Crippen molar-refractivity contribution in [3.63, 3.8) is 0 Å². The molecule has 0 aromatic heterocycles. The van der Waals surface area contributed by atoms with Gasteiger partial charge in [0.05, 0.1) is 48.7 Å². The zero-order valence-electron chi connectivity index (χ0n) is 35.5. The predicted molar refractivity (Wildman–Crippen MR) is 214 cm³/mol. The van der Waals surface area contributed by atoms with E-state index in [0.717, 1.165) is 10.0 Å². The van der Waals surface area contributed by atoms with Gasteiger partial charge in [-0.25, -0.2) is 11.7 Å². The van der Waals surface area contributed by atoms with E-state index in [2.05, 4.69) is 5.18 Å². The highest BCUT2D eigenvalue weighted by atomic mass is 16.5. The van der Waals surface area contributed by atoms with E-state index in [0.29, 0.717) is 31.4 Å². The van der Waals surface area contributed by atoms with Gasteiger partial charge in [0.1, 0.15) is 12.1 Å². The first kappa shape index (κ1) is 47.7. The van der Waals surface area contributed by atoms with E-state index in [1.54, 1.807) is 55.0 Å². The number of likely N-dealkylation sites (tertiary alicyclic amines) is 1. The minimum absolute atomic E-state index is 0.0319. The van der Waals surface area contributed by atoms with Crippen molar-refractivity contribution in [1.29, 1.82) is 0 Å². The Bertz CT molecular complexity index is 1390. The van der Waals surface area contributed by atoms with Gasteiger partial charge in [0.25, 0.3) is 5.91 Å². The molecule has 1 aliphatic rings. The van der Waals surface area contributed by atoms with E-state index < -0.39 is 60.3 Å². The topological polar surface area (TPSA) is 184 Å². The molecule has 312 valence electrons. The Balaban J connectivity index is 2.34. The van der Waals surface area contributed by atoms with Crippen molar-refractivity contribution in [2.24, 2.45) is 40.5 Å². The van der Waals surface area contributed by atoms with Gasteiger partial charge in [-0.3, -0.25) is 34.1 Å². The minimum atomic E-state index is -0.946. The number of hydrogen-bond acceptors (Lipinski definition) is 11. The molecule has 1 aromatic rings. The molecule has 0 spiro atoms. The summed E-state index contributed by atoms with van der Waals surface area (Å²) in [4.78, 5) is 73.2. The predicted octanol–water partition coefficient (Wildman–Crippen LogP) is 3.82. The average Bonchev–Trinajstić information content (AvgIpc) is 3.63. The first-order chi connectivity index (χ1) is 25.8. The standard InChI is InChI=1S/C40H70N8O7/c1-14-26(6)36(45(11)39(51)35(25(4)5)48(42)40(52)34(24(2)3)44(9)10)31(54-12)23-32(49)46-22-18-21-30(46)37(55-13)27(7)38(50)47(41)28(8)33(43-53)29-19-16-15-17-20-29/h15-17,19-20,24-28,30-31,33-37H,14,18,21-23,41-42H2,1-13H3/t26-,27+,28+,30-,31+,33+,34-,35-,36-,37+/m0/s1. The molecule has 1 fully saturated rings. The monoisotopic (exact) mass is 775 g/mol. The maximum atomic E-state index is 14.4. The Hall–Kier alpha value is -3.50. The highest BCUT2D eigenvalue weighted by molar-refractivity contribution is 5.90. The SMILES string of the molecule is CC[C@H](C)[C@@H]([C@@H](CC(=O)N1CCC[C@H]1[C@H](OC)[C@@H](C)C(=O)N(N)[C@H](C)[C@@H](N=O)c1ccccc1)OC)N(C)C(=O)[C@H](C(C)C)N(N)C(=O)[C@H](C(C)C)N(C)C. The zero-order chi connectivity index (χ0) is 41.9. The Morgan fingerprint density at radius 3 is 1.91 bits per heavy atom. The van der Waals surface area contributed by atoms with Crippen LogP contribution in [0.2, 0.25) is 0 Å². The summed E-state index contributed by atoms with van der Waals surface area (Å²) in [5.74, 6) is 10.4. The van der Waals surface area contributed by atoms with Crippen molar-refractivity contribution in [1.82, 2.24) is 24.7 Å². The van der Waals surface area contributed by atoms with Crippen LogP contribution in [-0.2, 0) is 28.7 Å². The molecule has 0 radical (unpaired) electrons. The van der Waals surface area contributed by atoms with E-state index in [4.69, 9.17) is 21.2 Å². The van der Waals surface area contributed by atoms with Gasteiger partial charge in [0, 0.05) is 27.8 Å². The molecule has 1 aromatic carbocycles. The minimum Gasteiger partial charge on any atom is -0.379 e. The number of nitroso groups, excluding NO2 is 1. The second-order valence-electron chi connectivity index (χ2n) is 16.1. The van der Waals surface area contributed by atoms with Crippen LogP contribution in [0.4, 0.5) is 0 Å². The van der Waals surface area contributed by atoms with Crippen molar-refractivity contribution in [3.05, 3.63) is 40.8 Å². The molecule has 55 heavy (non-hydrogen) atoms. The van der Waals surface area contributed by atoms with Gasteiger partial charge >= 0.3 is 0 Å². The summed E-state index contributed by atoms with van der Waals surface area (Å²) in [6, 6.07) is 4.91. The highest BCUT2D eigenvalue weighted by Crippen LogP contribution is 2.31. The van der Waals surface area contributed by atoms with Crippen molar-refractivity contribution < 1.29 is 28.7 Å². The van der Waals surface area contributed by atoms with Crippen molar-refractivity contribution in [3.8, 4) is 0 Å². The molecule has 0 bridgehead atoms. The summed E-state index contributed by atoms with van der Waals surface area (Å²) in [5.41, 5.74) is 0.644. The first-order valence-corrected chi connectivity index (χ1v) is 19.6. The lowest BCUT2D eigenvalue weighted by molar-refractivity contribution is -0.156. The molecule has 1 saturated heterocycles. The molecule has 15 heteroatoms. The largest absolute Gasteiger partial charge is 0.379 e. The van der Waals surface area contributed by atoms with Gasteiger partial charge in [-0.2, -0.15) is 4.91 Å². The maximum absolute atomic E-state index is 14.4. The fourth-order valence-corrected chi connectivity index (χ4v) is 8.29. The number of hydrogen-bond donors (Lipinski definition) is 2. The second kappa shape index (κ2) is 21.7. The van der Waals surface area contributed by atoms with Gasteiger partial charge in [-0.15, -0.1) is 0 Å². The molecule has 1 aliphatic heterocycles. The summed E-state index contributed by atoms with van der Waals surface area (Å²) in [6.07, 6.45) is 0.593. The molecule has 0 aliphatic carbocycles. The van der Waals surface area contributed by atoms with Crippen LogP contribution in [0.15, 0.2) is 35.5 Å². The Morgan fingerprint density at radius 2 is 1.44 bits per heavy atom. The number of carbonyl (C=O) groups is 4. The van der Waals surface area contributed by atoms with Crippen LogP contribution in [0.25, 0.3) is 0 Å². The van der Waals surface area contributed by atoms with Crippen molar-refractivity contribution >= 4 is 23.6 Å². The lowest BCUT2D eigenvalue weighted by atomic mass is 9.89. The Labute approximate surface area is 329 Å². The number of rotatable bonds is 21. The fourth-order valence-electron chi connectivity index (χ4n) is 8.29. The zero-order valence-corrected chi connectivity index (χ0v) is 35.5. The quantitative estimate of drug-likeness (QED) is 0.0806. The fraction of sp³-hybridized carbons (Fsp3) is 0.750. The Morgan fingerprint density at radius 1 is 0.855 bits per heavy atom. The number of methoxy groups -OCH3 is 2. The molecule has 10 atom stereocenters. The summed E-state index contributed by atoms with van der Waals surface area (Å²) in [7, 11) is 8.35. The van der Waals surface area contributed by atoms with Crippen LogP contribution in [0.3, 0.4) is 0 Å². The van der Waals surface area contributed by atoms with E-state index >= 15 is 0 Å². The molecule has 4 N–H and O–H groups in total. The second-order valence-corrected chi connectivity index (χ2v) is 16.1. The number of hydrazine groups is 2. The van der Waals surface area contributed by atoms with Crippen LogP contribution < -0.4 is 11.7 Å². The average molecular weight is 775 g/mol. The first-order valence-electron chi connectivity index (χ1n) is 19.6. The number of ether oxygens (including phenoxy) is 2. The third-order valence-electron chi connectivity index (χ3n) is 11.5. The van der Waals surface area contributed by atoms with Gasteiger partial charge in [-0.1, -0.05) is 90.4 Å². The maximum Gasteiger partial charge on any atom is 0.254 e. The number of nitrogens with zero attached hydrogens (tertiary/aromatic N) is 6. The summed E-state index contributed by atoms with van der Waals surface area (Å²) >= 11 is 0. The van der Waals surface area contributed by atoms with Crippen LogP contribution in [0, 0.1) is 28.6 Å². The summed E-state index contributed by atoms with van der Waals surface area (Å²) in [5, 5.41) is 5.40. The molecular weight excluding hydrogens is 704 g/mol. The van der Waals surface area contributed by atoms with Crippen molar-refractivity contribution in [2.45, 2.75) is 130 Å². The molecular formula is C40H70N8O7. The van der Waals surface area contributed by atoms with E-state index in [1.807, 2.05) is 66.6 Å². The molecule has 2 rings (SSSR count). The molecule has 0 unspecified atom stereocenters. The van der Waals surface area contributed by atoms with Gasteiger partial charge in [-0.05, 0) is 57.2 Å². The molecule has 15 nitrogen and oxygen atoms in total. The van der Waals surface area contributed by atoms with E-state index in [1.165, 1.54) is 14.2 Å². The molecule has 0 saturated carbocycles. The van der Waals surface area contributed by atoms with Crippen molar-refractivity contribution in [2.75, 3.05) is 41.9 Å². The van der Waals surface area contributed by atoms with Gasteiger partial charge < -0.3 is 19.3 Å². The van der Waals surface area contributed by atoms with Gasteiger partial charge in [0.15, 0.2) is 0 Å². The van der Waals surface area contributed by atoms with E-state index in [9.17, 15) is 24.1 Å². The normalized spacial score (nSPS) is 19.6.